The van der Waals surface area contributed by atoms with Gasteiger partial charge in [-0.05, 0) is 19.4 Å². The van der Waals surface area contributed by atoms with Crippen LogP contribution in [0.5, 0.6) is 0 Å². The Hall–Kier alpha value is -1.00. The number of aromatic nitrogens is 2. The van der Waals surface area contributed by atoms with Crippen molar-refractivity contribution >= 4 is 0 Å². The fourth-order valence-electron chi connectivity index (χ4n) is 1.70. The molecule has 0 aliphatic carbocycles. The van der Waals surface area contributed by atoms with Crippen molar-refractivity contribution in [2.24, 2.45) is 0 Å². The van der Waals surface area contributed by atoms with Crippen molar-refractivity contribution in [3.8, 4) is 0 Å². The molecule has 1 fully saturated rings. The Labute approximate surface area is 84.2 Å². The number of piperidine rings is 1. The molecule has 2 heterocycles. The quantitative estimate of drug-likeness (QED) is 0.724. The molecule has 1 atom stereocenters. The molecule has 1 saturated heterocycles. The first-order valence-electron chi connectivity index (χ1n) is 5.14. The summed E-state index contributed by atoms with van der Waals surface area (Å²) in [5.41, 5.74) is 1.01. The van der Waals surface area contributed by atoms with E-state index in [0.717, 1.165) is 25.3 Å². The number of hydrogen-bond acceptors (Lipinski definition) is 4. The largest absolute Gasteiger partial charge is 0.315 e. The molecule has 14 heavy (non-hydrogen) atoms. The van der Waals surface area contributed by atoms with Crippen LogP contribution < -0.4 is 10.6 Å². The molecule has 1 aromatic rings. The Morgan fingerprint density at radius 3 is 3.21 bits per heavy atom. The van der Waals surface area contributed by atoms with Crippen LogP contribution in [0.1, 0.15) is 18.5 Å². The molecule has 0 bridgehead atoms. The molecule has 0 aromatic carbocycles. The Kier molecular flexibility index (Phi) is 3.43. The van der Waals surface area contributed by atoms with E-state index in [9.17, 15) is 0 Å². The van der Waals surface area contributed by atoms with Gasteiger partial charge in [-0.2, -0.15) is 0 Å². The van der Waals surface area contributed by atoms with Crippen LogP contribution in [-0.4, -0.2) is 29.1 Å². The van der Waals surface area contributed by atoms with Crippen molar-refractivity contribution in [2.45, 2.75) is 25.4 Å². The minimum Gasteiger partial charge on any atom is -0.315 e. The van der Waals surface area contributed by atoms with Crippen LogP contribution in [-0.2, 0) is 6.54 Å². The second-order valence-electron chi connectivity index (χ2n) is 3.62. The summed E-state index contributed by atoms with van der Waals surface area (Å²) in [6.07, 6.45) is 7.76. The smallest absolute Gasteiger partial charge is 0.0724 e. The topological polar surface area (TPSA) is 49.8 Å². The van der Waals surface area contributed by atoms with E-state index in [1.165, 1.54) is 12.8 Å². The molecule has 76 valence electrons. The van der Waals surface area contributed by atoms with Crippen molar-refractivity contribution in [2.75, 3.05) is 13.1 Å². The van der Waals surface area contributed by atoms with Gasteiger partial charge in [0.15, 0.2) is 0 Å². The molecule has 1 aromatic heterocycles. The lowest BCUT2D eigenvalue weighted by Crippen LogP contribution is -2.42. The van der Waals surface area contributed by atoms with E-state index in [2.05, 4.69) is 20.6 Å². The number of nitrogens with one attached hydrogen (secondary N) is 2. The van der Waals surface area contributed by atoms with Gasteiger partial charge in [0.2, 0.25) is 0 Å². The molecule has 0 amide bonds. The van der Waals surface area contributed by atoms with E-state index in [1.807, 2.05) is 6.20 Å². The molecule has 0 radical (unpaired) electrons. The maximum Gasteiger partial charge on any atom is 0.0724 e. The fourth-order valence-corrected chi connectivity index (χ4v) is 1.70. The minimum atomic E-state index is 0.589. The highest BCUT2D eigenvalue weighted by Crippen LogP contribution is 2.02. The summed E-state index contributed by atoms with van der Waals surface area (Å²) in [5.74, 6) is 0. The summed E-state index contributed by atoms with van der Waals surface area (Å²) >= 11 is 0. The zero-order valence-electron chi connectivity index (χ0n) is 8.24. The summed E-state index contributed by atoms with van der Waals surface area (Å²) in [6, 6.07) is 0.589. The molecule has 1 aliphatic heterocycles. The second-order valence-corrected chi connectivity index (χ2v) is 3.62. The highest BCUT2D eigenvalue weighted by atomic mass is 15.0. The first-order chi connectivity index (χ1) is 6.95. The van der Waals surface area contributed by atoms with Gasteiger partial charge in [-0.3, -0.25) is 9.97 Å². The molecule has 0 saturated carbocycles. The fraction of sp³-hybridized carbons (Fsp3) is 0.600. The predicted molar refractivity (Wildman–Crippen MR) is 54.8 cm³/mol. The zero-order chi connectivity index (χ0) is 9.64. The Bertz CT molecular complexity index is 256. The first-order valence-corrected chi connectivity index (χ1v) is 5.14. The van der Waals surface area contributed by atoms with Crippen LogP contribution in [0.15, 0.2) is 18.6 Å². The summed E-state index contributed by atoms with van der Waals surface area (Å²) < 4.78 is 0. The molecule has 2 N–H and O–H groups in total. The normalized spacial score (nSPS) is 22.1. The van der Waals surface area contributed by atoms with Crippen LogP contribution in [0, 0.1) is 0 Å². The highest BCUT2D eigenvalue weighted by molar-refractivity contribution is 4.94. The summed E-state index contributed by atoms with van der Waals surface area (Å²) in [4.78, 5) is 8.25. The third kappa shape index (κ3) is 2.75. The first kappa shape index (κ1) is 9.55. The van der Waals surface area contributed by atoms with Crippen LogP contribution >= 0.6 is 0 Å². The molecular weight excluding hydrogens is 176 g/mol. The van der Waals surface area contributed by atoms with Crippen molar-refractivity contribution in [1.29, 1.82) is 0 Å². The van der Waals surface area contributed by atoms with Gasteiger partial charge < -0.3 is 10.6 Å². The van der Waals surface area contributed by atoms with E-state index in [1.54, 1.807) is 12.4 Å². The lowest BCUT2D eigenvalue weighted by Gasteiger charge is -2.23. The van der Waals surface area contributed by atoms with Crippen LogP contribution in [0.25, 0.3) is 0 Å². The standard InChI is InChI=1S/C10H16N4/c1-2-9(6-11-3-1)14-8-10-7-12-4-5-13-10/h4-5,7,9,11,14H,1-3,6,8H2. The van der Waals surface area contributed by atoms with Crippen molar-refractivity contribution in [3.05, 3.63) is 24.3 Å². The van der Waals surface area contributed by atoms with E-state index in [-0.39, 0.29) is 0 Å². The van der Waals surface area contributed by atoms with Gasteiger partial charge in [-0.1, -0.05) is 0 Å². The van der Waals surface area contributed by atoms with Crippen LogP contribution in [0.2, 0.25) is 0 Å². The lowest BCUT2D eigenvalue weighted by atomic mass is 10.1. The minimum absolute atomic E-state index is 0.589. The number of rotatable bonds is 3. The van der Waals surface area contributed by atoms with Crippen molar-refractivity contribution in [3.63, 3.8) is 0 Å². The third-order valence-electron chi connectivity index (χ3n) is 2.49. The van der Waals surface area contributed by atoms with Crippen LogP contribution in [0.3, 0.4) is 0 Å². The zero-order valence-corrected chi connectivity index (χ0v) is 8.24. The van der Waals surface area contributed by atoms with Gasteiger partial charge in [0.1, 0.15) is 0 Å². The maximum absolute atomic E-state index is 4.22. The van der Waals surface area contributed by atoms with Gasteiger partial charge in [-0.15, -0.1) is 0 Å². The third-order valence-corrected chi connectivity index (χ3v) is 2.49. The Balaban J connectivity index is 1.76. The molecule has 0 spiro atoms. The molecule has 4 nitrogen and oxygen atoms in total. The second kappa shape index (κ2) is 5.02. The average molecular weight is 192 g/mol. The number of hydrogen-bond donors (Lipinski definition) is 2. The monoisotopic (exact) mass is 192 g/mol. The number of nitrogens with zero attached hydrogens (tertiary/aromatic N) is 2. The average Bonchev–Trinajstić information content (AvgIpc) is 2.29. The van der Waals surface area contributed by atoms with E-state index in [4.69, 9.17) is 0 Å². The highest BCUT2D eigenvalue weighted by Gasteiger charge is 2.11. The van der Waals surface area contributed by atoms with Crippen LogP contribution in [0.4, 0.5) is 0 Å². The van der Waals surface area contributed by atoms with E-state index >= 15 is 0 Å². The molecule has 1 aliphatic rings. The molecule has 1 unspecified atom stereocenters. The van der Waals surface area contributed by atoms with Gasteiger partial charge in [0.05, 0.1) is 5.69 Å². The molecular formula is C10H16N4. The predicted octanol–water partition coefficient (Wildman–Crippen LogP) is 0.318. The van der Waals surface area contributed by atoms with Crippen molar-refractivity contribution in [1.82, 2.24) is 20.6 Å². The molecule has 4 heteroatoms. The maximum atomic E-state index is 4.22. The molecule has 2 rings (SSSR count). The van der Waals surface area contributed by atoms with E-state index in [0.29, 0.717) is 6.04 Å². The van der Waals surface area contributed by atoms with Gasteiger partial charge in [0.25, 0.3) is 0 Å². The van der Waals surface area contributed by atoms with E-state index < -0.39 is 0 Å². The van der Waals surface area contributed by atoms with Gasteiger partial charge in [-0.25, -0.2) is 0 Å². The Morgan fingerprint density at radius 2 is 2.50 bits per heavy atom. The Morgan fingerprint density at radius 1 is 1.50 bits per heavy atom. The summed E-state index contributed by atoms with van der Waals surface area (Å²) in [7, 11) is 0. The SMILES string of the molecule is c1cnc(CNC2CCCNC2)cn1. The summed E-state index contributed by atoms with van der Waals surface area (Å²) in [5, 5.41) is 6.85. The van der Waals surface area contributed by atoms with Gasteiger partial charge in [0, 0.05) is 37.7 Å². The van der Waals surface area contributed by atoms with Crippen molar-refractivity contribution < 1.29 is 0 Å². The summed E-state index contributed by atoms with van der Waals surface area (Å²) in [6.45, 7) is 3.05. The van der Waals surface area contributed by atoms with Gasteiger partial charge >= 0.3 is 0 Å². The lowest BCUT2D eigenvalue weighted by molar-refractivity contribution is 0.387.